The summed E-state index contributed by atoms with van der Waals surface area (Å²) in [6.45, 7) is 4.93. The highest BCUT2D eigenvalue weighted by atomic mass is 32.2. The van der Waals surface area contributed by atoms with Crippen molar-refractivity contribution < 1.29 is 17.7 Å². The Balaban J connectivity index is 1.43. The van der Waals surface area contributed by atoms with Gasteiger partial charge < -0.3 is 9.84 Å². The minimum atomic E-state index is -3.70. The Labute approximate surface area is 191 Å². The maximum absolute atomic E-state index is 13.2. The van der Waals surface area contributed by atoms with Gasteiger partial charge in [0.2, 0.25) is 17.6 Å². The SMILES string of the molecule is CCc1nc(-c2csc(S(=O)(=O)N3CCCC(C(=O)NCc4ccccc4C)C3)c2)no1. The van der Waals surface area contributed by atoms with Gasteiger partial charge in [-0.1, -0.05) is 36.3 Å². The van der Waals surface area contributed by atoms with Crippen LogP contribution in [0.4, 0.5) is 0 Å². The number of thiophene rings is 1. The minimum Gasteiger partial charge on any atom is -0.352 e. The monoisotopic (exact) mass is 474 g/mol. The van der Waals surface area contributed by atoms with Crippen molar-refractivity contribution in [3.05, 3.63) is 52.7 Å². The number of hydrogen-bond acceptors (Lipinski definition) is 7. The zero-order valence-corrected chi connectivity index (χ0v) is 19.7. The quantitative estimate of drug-likeness (QED) is 0.563. The molecule has 0 saturated carbocycles. The molecule has 0 bridgehead atoms. The number of hydrogen-bond donors (Lipinski definition) is 1. The van der Waals surface area contributed by atoms with Gasteiger partial charge in [0.1, 0.15) is 4.21 Å². The molecule has 0 aliphatic carbocycles. The number of nitrogens with zero attached hydrogens (tertiary/aromatic N) is 3. The van der Waals surface area contributed by atoms with Crippen LogP contribution in [0.25, 0.3) is 11.4 Å². The van der Waals surface area contributed by atoms with Gasteiger partial charge in [-0.2, -0.15) is 9.29 Å². The van der Waals surface area contributed by atoms with E-state index in [9.17, 15) is 13.2 Å². The van der Waals surface area contributed by atoms with Gasteiger partial charge in [-0.15, -0.1) is 11.3 Å². The molecule has 8 nitrogen and oxygen atoms in total. The molecule has 3 aromatic rings. The van der Waals surface area contributed by atoms with Crippen molar-refractivity contribution in [1.82, 2.24) is 19.8 Å². The summed E-state index contributed by atoms with van der Waals surface area (Å²) in [6, 6.07) is 9.46. The predicted molar refractivity (Wildman–Crippen MR) is 121 cm³/mol. The summed E-state index contributed by atoms with van der Waals surface area (Å²) >= 11 is 1.13. The Kier molecular flexibility index (Phi) is 6.73. The van der Waals surface area contributed by atoms with E-state index in [1.165, 1.54) is 4.31 Å². The average Bonchev–Trinajstić information content (AvgIpc) is 3.48. The molecule has 1 aromatic carbocycles. The van der Waals surface area contributed by atoms with Crippen molar-refractivity contribution in [2.24, 2.45) is 5.92 Å². The smallest absolute Gasteiger partial charge is 0.252 e. The third-order valence-corrected chi connectivity index (χ3v) is 8.95. The fourth-order valence-electron chi connectivity index (χ4n) is 3.72. The molecule has 4 rings (SSSR count). The maximum atomic E-state index is 13.2. The summed E-state index contributed by atoms with van der Waals surface area (Å²) in [5.74, 6) is 0.406. The van der Waals surface area contributed by atoms with Crippen LogP contribution in [0, 0.1) is 12.8 Å². The molecule has 1 amide bonds. The molecular weight excluding hydrogens is 448 g/mol. The first-order valence-electron chi connectivity index (χ1n) is 10.6. The second-order valence-corrected chi connectivity index (χ2v) is 10.9. The van der Waals surface area contributed by atoms with Crippen molar-refractivity contribution in [1.29, 1.82) is 0 Å². The topological polar surface area (TPSA) is 105 Å². The molecule has 10 heteroatoms. The third-order valence-electron chi connectivity index (χ3n) is 5.67. The van der Waals surface area contributed by atoms with Gasteiger partial charge >= 0.3 is 0 Å². The van der Waals surface area contributed by atoms with Gasteiger partial charge in [-0.05, 0) is 37.0 Å². The first-order valence-corrected chi connectivity index (χ1v) is 12.9. The molecule has 1 N–H and O–H groups in total. The molecule has 1 aliphatic heterocycles. The number of aromatic nitrogens is 2. The number of carbonyl (C=O) groups is 1. The molecule has 0 radical (unpaired) electrons. The Hall–Kier alpha value is -2.56. The molecule has 3 heterocycles. The molecule has 1 unspecified atom stereocenters. The lowest BCUT2D eigenvalue weighted by molar-refractivity contribution is -0.126. The molecule has 2 aromatic heterocycles. The fraction of sp³-hybridized carbons (Fsp3) is 0.409. The van der Waals surface area contributed by atoms with Crippen LogP contribution in [0.5, 0.6) is 0 Å². The van der Waals surface area contributed by atoms with Crippen LogP contribution in [0.3, 0.4) is 0 Å². The number of aryl methyl sites for hydroxylation is 2. The Bertz CT molecular complexity index is 1200. The first-order chi connectivity index (χ1) is 15.4. The lowest BCUT2D eigenvalue weighted by Crippen LogP contribution is -2.45. The van der Waals surface area contributed by atoms with Gasteiger partial charge in [-0.25, -0.2) is 8.42 Å². The Morgan fingerprint density at radius 1 is 1.34 bits per heavy atom. The Morgan fingerprint density at radius 3 is 2.91 bits per heavy atom. The summed E-state index contributed by atoms with van der Waals surface area (Å²) in [5, 5.41) is 8.60. The van der Waals surface area contributed by atoms with Gasteiger partial charge in [-0.3, -0.25) is 4.79 Å². The van der Waals surface area contributed by atoms with Crippen LogP contribution >= 0.6 is 11.3 Å². The summed E-state index contributed by atoms with van der Waals surface area (Å²) in [4.78, 5) is 17.0. The van der Waals surface area contributed by atoms with Crippen LogP contribution in [-0.2, 0) is 27.8 Å². The molecule has 1 aliphatic rings. The van der Waals surface area contributed by atoms with Crippen LogP contribution in [-0.4, -0.2) is 41.9 Å². The molecule has 0 spiro atoms. The molecule has 1 fully saturated rings. The molecule has 1 saturated heterocycles. The van der Waals surface area contributed by atoms with E-state index >= 15 is 0 Å². The normalized spacial score (nSPS) is 17.4. The minimum absolute atomic E-state index is 0.112. The molecular formula is C22H26N4O4S2. The number of piperidine rings is 1. The number of nitrogens with one attached hydrogen (secondary N) is 1. The molecule has 1 atom stereocenters. The van der Waals surface area contributed by atoms with E-state index in [4.69, 9.17) is 4.52 Å². The zero-order chi connectivity index (χ0) is 22.7. The van der Waals surface area contributed by atoms with E-state index in [-0.39, 0.29) is 22.6 Å². The standard InChI is InChI=1S/C22H26N4O4S2/c1-3-19-24-21(25-30-19)18-11-20(31-14-18)32(28,29)26-10-6-9-17(13-26)22(27)23-12-16-8-5-4-7-15(16)2/h4-5,7-8,11,14,17H,3,6,9-10,12-13H2,1-2H3,(H,23,27). The van der Waals surface area contributed by atoms with E-state index in [2.05, 4.69) is 15.5 Å². The third kappa shape index (κ3) is 4.77. The molecule has 170 valence electrons. The lowest BCUT2D eigenvalue weighted by Gasteiger charge is -2.30. The highest BCUT2D eigenvalue weighted by molar-refractivity contribution is 7.91. The van der Waals surface area contributed by atoms with Crippen LogP contribution in [0.1, 0.15) is 36.8 Å². The van der Waals surface area contributed by atoms with Crippen molar-refractivity contribution in [2.75, 3.05) is 13.1 Å². The van der Waals surface area contributed by atoms with Gasteiger partial charge in [0.05, 0.1) is 5.92 Å². The number of amides is 1. The van der Waals surface area contributed by atoms with E-state index in [1.54, 1.807) is 11.4 Å². The zero-order valence-electron chi connectivity index (χ0n) is 18.1. The van der Waals surface area contributed by atoms with E-state index in [1.807, 2.05) is 38.1 Å². The average molecular weight is 475 g/mol. The highest BCUT2D eigenvalue weighted by Crippen LogP contribution is 2.31. The fourth-order valence-corrected chi connectivity index (χ4v) is 6.56. The van der Waals surface area contributed by atoms with Gasteiger partial charge in [0.25, 0.3) is 10.0 Å². The van der Waals surface area contributed by atoms with E-state index in [0.717, 1.165) is 22.5 Å². The van der Waals surface area contributed by atoms with Crippen LogP contribution in [0.2, 0.25) is 0 Å². The Morgan fingerprint density at radius 2 is 2.16 bits per heavy atom. The lowest BCUT2D eigenvalue weighted by atomic mass is 9.98. The highest BCUT2D eigenvalue weighted by Gasteiger charge is 2.34. The van der Waals surface area contributed by atoms with Gasteiger partial charge in [0, 0.05) is 37.0 Å². The van der Waals surface area contributed by atoms with Crippen molar-refractivity contribution in [3.8, 4) is 11.4 Å². The number of benzene rings is 1. The number of rotatable bonds is 7. The van der Waals surface area contributed by atoms with E-state index in [0.29, 0.717) is 49.6 Å². The van der Waals surface area contributed by atoms with Crippen LogP contribution < -0.4 is 5.32 Å². The van der Waals surface area contributed by atoms with Crippen molar-refractivity contribution in [3.63, 3.8) is 0 Å². The first kappa shape index (κ1) is 22.6. The van der Waals surface area contributed by atoms with Crippen molar-refractivity contribution >= 4 is 27.3 Å². The number of sulfonamides is 1. The van der Waals surface area contributed by atoms with Gasteiger partial charge in [0.15, 0.2) is 0 Å². The maximum Gasteiger partial charge on any atom is 0.252 e. The number of carbonyl (C=O) groups excluding carboxylic acids is 1. The predicted octanol–water partition coefficient (Wildman–Crippen LogP) is 3.39. The second kappa shape index (κ2) is 9.51. The summed E-state index contributed by atoms with van der Waals surface area (Å²) in [6.07, 6.45) is 1.93. The molecule has 32 heavy (non-hydrogen) atoms. The van der Waals surface area contributed by atoms with Crippen molar-refractivity contribution in [2.45, 2.75) is 43.9 Å². The largest absolute Gasteiger partial charge is 0.352 e. The summed E-state index contributed by atoms with van der Waals surface area (Å²) in [7, 11) is -3.70. The second-order valence-electron chi connectivity index (χ2n) is 7.87. The summed E-state index contributed by atoms with van der Waals surface area (Å²) < 4.78 is 33.2. The van der Waals surface area contributed by atoms with Crippen LogP contribution in [0.15, 0.2) is 44.4 Å². The summed E-state index contributed by atoms with van der Waals surface area (Å²) in [5.41, 5.74) is 2.78. The van der Waals surface area contributed by atoms with E-state index < -0.39 is 10.0 Å².